The van der Waals surface area contributed by atoms with Gasteiger partial charge in [-0.25, -0.2) is 0 Å². The molecule has 1 unspecified atom stereocenters. The minimum Gasteiger partial charge on any atom is -0.309 e. The summed E-state index contributed by atoms with van der Waals surface area (Å²) in [5, 5.41) is 3.98. The van der Waals surface area contributed by atoms with E-state index < -0.39 is 0 Å². The van der Waals surface area contributed by atoms with Gasteiger partial charge in [0.2, 0.25) is 0 Å². The lowest BCUT2D eigenvalue weighted by Gasteiger charge is -2.34. The van der Waals surface area contributed by atoms with E-state index in [1.165, 1.54) is 77.6 Å². The SMILES string of the molecule is CC1(C)c2ccccc2-n2c3c(c4cccc1c42)CC(c1ccc(-c2ccc(-c4ccccc4)c4ccccc24)cc1)C=C3. The fourth-order valence-electron chi connectivity index (χ4n) is 7.96. The molecule has 0 fully saturated rings. The molecule has 1 aliphatic heterocycles. The molecule has 0 amide bonds. The molecule has 1 nitrogen and oxygen atoms in total. The van der Waals surface area contributed by atoms with Gasteiger partial charge in [0.1, 0.15) is 0 Å². The van der Waals surface area contributed by atoms with E-state index in [1.54, 1.807) is 0 Å². The molecule has 1 heteroatoms. The Labute approximate surface area is 258 Å². The van der Waals surface area contributed by atoms with Gasteiger partial charge in [0.15, 0.2) is 0 Å². The molecule has 2 aliphatic rings. The first-order valence-corrected chi connectivity index (χ1v) is 15.7. The van der Waals surface area contributed by atoms with E-state index in [0.29, 0.717) is 5.92 Å². The molecule has 0 N–H and O–H groups in total. The van der Waals surface area contributed by atoms with E-state index in [9.17, 15) is 0 Å². The first-order valence-electron chi connectivity index (χ1n) is 15.7. The molecule has 44 heavy (non-hydrogen) atoms. The third-order valence-corrected chi connectivity index (χ3v) is 10.2. The molecular weight excluding hydrogens is 530 g/mol. The Morgan fingerprint density at radius 1 is 0.568 bits per heavy atom. The van der Waals surface area contributed by atoms with Gasteiger partial charge >= 0.3 is 0 Å². The van der Waals surface area contributed by atoms with Crippen LogP contribution in [-0.2, 0) is 11.8 Å². The smallest absolute Gasteiger partial charge is 0.0578 e. The molecule has 0 bridgehead atoms. The number of hydrogen-bond acceptors (Lipinski definition) is 0. The fraction of sp³-hybridized carbons (Fsp3) is 0.116. The molecule has 0 saturated heterocycles. The lowest BCUT2D eigenvalue weighted by molar-refractivity contribution is 0.628. The molecule has 2 heterocycles. The summed E-state index contributed by atoms with van der Waals surface area (Å²) >= 11 is 0. The number of rotatable bonds is 3. The molecule has 1 aromatic heterocycles. The number of para-hydroxylation sites is 2. The molecule has 0 saturated carbocycles. The van der Waals surface area contributed by atoms with Crippen LogP contribution in [0, 0.1) is 0 Å². The summed E-state index contributed by atoms with van der Waals surface area (Å²) in [5.74, 6) is 0.348. The summed E-state index contributed by atoms with van der Waals surface area (Å²) in [6, 6.07) is 49.3. The summed E-state index contributed by atoms with van der Waals surface area (Å²) in [4.78, 5) is 0. The Hall–Kier alpha value is -5.14. The van der Waals surface area contributed by atoms with Gasteiger partial charge in [0.25, 0.3) is 0 Å². The van der Waals surface area contributed by atoms with E-state index in [1.807, 2.05) is 0 Å². The van der Waals surface area contributed by atoms with Crippen LogP contribution in [0.4, 0.5) is 0 Å². The topological polar surface area (TPSA) is 4.93 Å². The van der Waals surface area contributed by atoms with Crippen LogP contribution >= 0.6 is 0 Å². The monoisotopic (exact) mass is 563 g/mol. The number of aromatic nitrogens is 1. The van der Waals surface area contributed by atoms with Crippen molar-refractivity contribution in [2.75, 3.05) is 0 Å². The third-order valence-electron chi connectivity index (χ3n) is 10.2. The quantitative estimate of drug-likeness (QED) is 0.201. The molecule has 9 rings (SSSR count). The number of benzene rings is 6. The average molecular weight is 564 g/mol. The van der Waals surface area contributed by atoms with E-state index in [4.69, 9.17) is 0 Å². The van der Waals surface area contributed by atoms with Crippen molar-refractivity contribution in [2.24, 2.45) is 0 Å². The van der Waals surface area contributed by atoms with Gasteiger partial charge in [-0.05, 0) is 73.8 Å². The van der Waals surface area contributed by atoms with Crippen LogP contribution < -0.4 is 0 Å². The van der Waals surface area contributed by atoms with Crippen LogP contribution in [0.15, 0.2) is 140 Å². The third kappa shape index (κ3) is 3.59. The highest BCUT2D eigenvalue weighted by molar-refractivity contribution is 6.05. The largest absolute Gasteiger partial charge is 0.309 e. The summed E-state index contributed by atoms with van der Waals surface area (Å²) in [7, 11) is 0. The zero-order valence-corrected chi connectivity index (χ0v) is 25.1. The van der Waals surface area contributed by atoms with Crippen molar-refractivity contribution in [3.05, 3.63) is 167 Å². The fourth-order valence-corrected chi connectivity index (χ4v) is 7.96. The number of allylic oxidation sites excluding steroid dienone is 1. The van der Waals surface area contributed by atoms with Crippen molar-refractivity contribution in [3.63, 3.8) is 0 Å². The lowest BCUT2D eigenvalue weighted by atomic mass is 9.74. The second-order valence-electron chi connectivity index (χ2n) is 12.9. The Morgan fingerprint density at radius 3 is 1.93 bits per heavy atom. The number of fused-ring (bicyclic) bond motifs is 6. The van der Waals surface area contributed by atoms with Crippen molar-refractivity contribution in [2.45, 2.75) is 31.6 Å². The molecule has 210 valence electrons. The van der Waals surface area contributed by atoms with Crippen molar-refractivity contribution in [3.8, 4) is 27.9 Å². The standard InChI is InChI=1S/C43H33N/c1-43(2)38-16-8-9-18-41(38)44-40-26-23-31(27-37(40)36-15-10-17-39(43)42(36)44)28-19-21-30(22-20-28)33-25-24-32(29-11-4-3-5-12-29)34-13-6-7-14-35(33)34/h3-26,31H,27H2,1-2H3. The van der Waals surface area contributed by atoms with Crippen molar-refractivity contribution in [1.82, 2.24) is 4.57 Å². The number of hydrogen-bond donors (Lipinski definition) is 0. The average Bonchev–Trinajstić information content (AvgIpc) is 3.42. The zero-order valence-electron chi connectivity index (χ0n) is 25.1. The summed E-state index contributed by atoms with van der Waals surface area (Å²) in [6.45, 7) is 4.74. The van der Waals surface area contributed by atoms with Crippen LogP contribution in [0.3, 0.4) is 0 Å². The lowest BCUT2D eigenvalue weighted by Crippen LogP contribution is -2.26. The maximum absolute atomic E-state index is 2.53. The predicted molar refractivity (Wildman–Crippen MR) is 186 cm³/mol. The first kappa shape index (κ1) is 25.4. The second-order valence-corrected chi connectivity index (χ2v) is 12.9. The summed E-state index contributed by atoms with van der Waals surface area (Å²) in [6.07, 6.45) is 5.81. The number of nitrogens with zero attached hydrogens (tertiary/aromatic N) is 1. The minimum atomic E-state index is -0.0323. The molecule has 7 aromatic rings. The van der Waals surface area contributed by atoms with E-state index in [-0.39, 0.29) is 5.41 Å². The summed E-state index contributed by atoms with van der Waals surface area (Å²) < 4.78 is 2.53. The van der Waals surface area contributed by atoms with Crippen LogP contribution in [-0.4, -0.2) is 4.57 Å². The van der Waals surface area contributed by atoms with Gasteiger partial charge in [-0.15, -0.1) is 0 Å². The van der Waals surface area contributed by atoms with E-state index >= 15 is 0 Å². The van der Waals surface area contributed by atoms with Crippen LogP contribution in [0.1, 0.15) is 47.7 Å². The molecule has 0 spiro atoms. The van der Waals surface area contributed by atoms with Gasteiger partial charge < -0.3 is 4.57 Å². The summed E-state index contributed by atoms with van der Waals surface area (Å²) in [5.41, 5.74) is 14.7. The Bertz CT molecular complexity index is 2260. The highest BCUT2D eigenvalue weighted by Gasteiger charge is 2.36. The highest BCUT2D eigenvalue weighted by atomic mass is 15.0. The van der Waals surface area contributed by atoms with Gasteiger partial charge in [-0.2, -0.15) is 0 Å². The molecule has 1 aliphatic carbocycles. The predicted octanol–water partition coefficient (Wildman–Crippen LogP) is 11.1. The van der Waals surface area contributed by atoms with Crippen molar-refractivity contribution in [1.29, 1.82) is 0 Å². The minimum absolute atomic E-state index is 0.0323. The maximum Gasteiger partial charge on any atom is 0.0578 e. The van der Waals surface area contributed by atoms with Crippen LogP contribution in [0.25, 0.3) is 55.7 Å². The van der Waals surface area contributed by atoms with Gasteiger partial charge in [0.05, 0.1) is 11.2 Å². The van der Waals surface area contributed by atoms with Crippen molar-refractivity contribution < 1.29 is 0 Å². The second kappa shape index (κ2) is 9.43. The van der Waals surface area contributed by atoms with Crippen LogP contribution in [0.5, 0.6) is 0 Å². The van der Waals surface area contributed by atoms with Gasteiger partial charge in [-0.3, -0.25) is 0 Å². The van der Waals surface area contributed by atoms with Gasteiger partial charge in [-0.1, -0.05) is 147 Å². The van der Waals surface area contributed by atoms with Crippen LogP contribution in [0.2, 0.25) is 0 Å². The van der Waals surface area contributed by atoms with Crippen molar-refractivity contribution >= 4 is 27.8 Å². The molecule has 0 radical (unpaired) electrons. The Morgan fingerprint density at radius 2 is 1.18 bits per heavy atom. The van der Waals surface area contributed by atoms with Gasteiger partial charge in [0, 0.05) is 22.4 Å². The molecule has 6 aromatic carbocycles. The normalized spacial score (nSPS) is 16.2. The maximum atomic E-state index is 2.53. The zero-order chi connectivity index (χ0) is 29.4. The molecular formula is C43H33N. The first-order chi connectivity index (χ1) is 21.6. The molecule has 1 atom stereocenters. The highest BCUT2D eigenvalue weighted by Crippen LogP contribution is 2.48. The van der Waals surface area contributed by atoms with E-state index in [0.717, 1.165) is 6.42 Å². The Kier molecular flexibility index (Phi) is 5.44. The Balaban J connectivity index is 1.10. The van der Waals surface area contributed by atoms with E-state index in [2.05, 4.69) is 164 Å².